The first-order chi connectivity index (χ1) is 9.63. The second-order valence-electron chi connectivity index (χ2n) is 5.13. The molecule has 0 aromatic carbocycles. The van der Waals surface area contributed by atoms with Crippen molar-refractivity contribution in [1.82, 2.24) is 20.4 Å². The summed E-state index contributed by atoms with van der Waals surface area (Å²) in [4.78, 5) is 3.40. The maximum atomic E-state index is 5.79. The van der Waals surface area contributed by atoms with Crippen molar-refractivity contribution in [3.63, 3.8) is 0 Å². The molecule has 2 unspecified atom stereocenters. The zero-order chi connectivity index (χ0) is 14.1. The Balaban J connectivity index is 1.73. The van der Waals surface area contributed by atoms with Crippen LogP contribution in [0.5, 0.6) is 0 Å². The van der Waals surface area contributed by atoms with Crippen LogP contribution in [0.3, 0.4) is 0 Å². The lowest BCUT2D eigenvalue weighted by Gasteiger charge is -2.38. The SMILES string of the molecule is CC1CNCC(C)N1Cc1nnc(-c2ccc(Br)s2)o1. The number of piperazine rings is 1. The van der Waals surface area contributed by atoms with E-state index in [1.165, 1.54) is 0 Å². The fraction of sp³-hybridized carbons (Fsp3) is 0.538. The molecular formula is C13H17BrN4OS. The van der Waals surface area contributed by atoms with E-state index in [9.17, 15) is 0 Å². The molecule has 1 fully saturated rings. The Kier molecular flexibility index (Phi) is 4.21. The fourth-order valence-corrected chi connectivity index (χ4v) is 3.79. The fourth-order valence-electron chi connectivity index (χ4n) is 2.48. The molecule has 2 atom stereocenters. The summed E-state index contributed by atoms with van der Waals surface area (Å²) in [6, 6.07) is 4.93. The van der Waals surface area contributed by atoms with E-state index >= 15 is 0 Å². The third-order valence-electron chi connectivity index (χ3n) is 3.58. The van der Waals surface area contributed by atoms with E-state index in [0.29, 0.717) is 30.4 Å². The summed E-state index contributed by atoms with van der Waals surface area (Å²) in [5, 5.41) is 11.7. The van der Waals surface area contributed by atoms with Crippen molar-refractivity contribution < 1.29 is 4.42 Å². The number of aromatic nitrogens is 2. The minimum absolute atomic E-state index is 0.477. The highest BCUT2D eigenvalue weighted by Gasteiger charge is 2.26. The molecule has 0 spiro atoms. The third-order valence-corrected chi connectivity index (χ3v) is 5.19. The number of nitrogens with one attached hydrogen (secondary N) is 1. The average Bonchev–Trinajstić information content (AvgIpc) is 3.03. The molecule has 5 nitrogen and oxygen atoms in total. The van der Waals surface area contributed by atoms with Gasteiger partial charge in [0, 0.05) is 25.2 Å². The van der Waals surface area contributed by atoms with Gasteiger partial charge in [0.15, 0.2) is 0 Å². The van der Waals surface area contributed by atoms with Gasteiger partial charge in [0.05, 0.1) is 15.2 Å². The molecule has 1 aliphatic rings. The summed E-state index contributed by atoms with van der Waals surface area (Å²) in [5.74, 6) is 1.29. The standard InChI is InChI=1S/C13H17BrN4OS/c1-8-5-15-6-9(2)18(8)7-12-16-17-13(19-12)10-3-4-11(14)20-10/h3-4,8-9,15H,5-7H2,1-2H3. The molecule has 1 saturated heterocycles. The first-order valence-corrected chi connectivity index (χ1v) is 8.29. The van der Waals surface area contributed by atoms with Crippen molar-refractivity contribution in [2.24, 2.45) is 0 Å². The highest BCUT2D eigenvalue weighted by atomic mass is 79.9. The Morgan fingerprint density at radius 1 is 1.35 bits per heavy atom. The molecule has 3 heterocycles. The van der Waals surface area contributed by atoms with E-state index in [-0.39, 0.29) is 0 Å². The van der Waals surface area contributed by atoms with Gasteiger partial charge >= 0.3 is 0 Å². The van der Waals surface area contributed by atoms with Gasteiger partial charge in [-0.05, 0) is 41.9 Å². The number of thiophene rings is 1. The Hall–Kier alpha value is -0.760. The summed E-state index contributed by atoms with van der Waals surface area (Å²) in [6.45, 7) is 7.16. The summed E-state index contributed by atoms with van der Waals surface area (Å²) >= 11 is 5.04. The van der Waals surface area contributed by atoms with E-state index < -0.39 is 0 Å². The van der Waals surface area contributed by atoms with Crippen molar-refractivity contribution in [3.8, 4) is 10.8 Å². The predicted molar refractivity (Wildman–Crippen MR) is 82.6 cm³/mol. The molecule has 2 aromatic heterocycles. The molecule has 1 N–H and O–H groups in total. The van der Waals surface area contributed by atoms with Crippen LogP contribution >= 0.6 is 27.3 Å². The van der Waals surface area contributed by atoms with Gasteiger partial charge in [-0.3, -0.25) is 4.90 Å². The van der Waals surface area contributed by atoms with E-state index in [2.05, 4.69) is 50.2 Å². The van der Waals surface area contributed by atoms with Crippen molar-refractivity contribution in [3.05, 3.63) is 21.8 Å². The quantitative estimate of drug-likeness (QED) is 0.916. The van der Waals surface area contributed by atoms with Crippen LogP contribution in [0.15, 0.2) is 20.3 Å². The van der Waals surface area contributed by atoms with Crippen LogP contribution in [0.25, 0.3) is 10.8 Å². The monoisotopic (exact) mass is 356 g/mol. The van der Waals surface area contributed by atoms with Gasteiger partial charge in [-0.15, -0.1) is 21.5 Å². The minimum Gasteiger partial charge on any atom is -0.419 e. The molecule has 0 aliphatic carbocycles. The van der Waals surface area contributed by atoms with Crippen molar-refractivity contribution >= 4 is 27.3 Å². The second-order valence-corrected chi connectivity index (χ2v) is 7.60. The average molecular weight is 357 g/mol. The molecule has 20 heavy (non-hydrogen) atoms. The van der Waals surface area contributed by atoms with Gasteiger partial charge in [0.2, 0.25) is 5.89 Å². The van der Waals surface area contributed by atoms with Crippen LogP contribution < -0.4 is 5.32 Å². The molecule has 1 aliphatic heterocycles. The molecule has 0 amide bonds. The number of halogens is 1. The lowest BCUT2D eigenvalue weighted by atomic mass is 10.1. The molecule has 2 aromatic rings. The van der Waals surface area contributed by atoms with Crippen LogP contribution in [0.4, 0.5) is 0 Å². The Bertz CT molecular complexity index is 574. The summed E-state index contributed by atoms with van der Waals surface area (Å²) in [5.41, 5.74) is 0. The van der Waals surface area contributed by atoms with Crippen LogP contribution in [0.1, 0.15) is 19.7 Å². The number of hydrogen-bond acceptors (Lipinski definition) is 6. The molecule has 0 saturated carbocycles. The van der Waals surface area contributed by atoms with E-state index in [1.54, 1.807) is 11.3 Å². The zero-order valence-electron chi connectivity index (χ0n) is 11.5. The highest BCUT2D eigenvalue weighted by molar-refractivity contribution is 9.11. The van der Waals surface area contributed by atoms with Gasteiger partial charge in [0.1, 0.15) is 0 Å². The summed E-state index contributed by atoms with van der Waals surface area (Å²) < 4.78 is 6.85. The molecule has 7 heteroatoms. The van der Waals surface area contributed by atoms with Gasteiger partial charge < -0.3 is 9.73 Å². The van der Waals surface area contributed by atoms with E-state index in [4.69, 9.17) is 4.42 Å². The maximum Gasteiger partial charge on any atom is 0.257 e. The smallest absolute Gasteiger partial charge is 0.257 e. The van der Waals surface area contributed by atoms with Crippen molar-refractivity contribution in [1.29, 1.82) is 0 Å². The Morgan fingerprint density at radius 3 is 2.75 bits per heavy atom. The predicted octanol–water partition coefficient (Wildman–Crippen LogP) is 2.74. The maximum absolute atomic E-state index is 5.79. The lowest BCUT2D eigenvalue weighted by molar-refractivity contribution is 0.0979. The van der Waals surface area contributed by atoms with Crippen LogP contribution in [0.2, 0.25) is 0 Å². The molecule has 3 rings (SSSR count). The van der Waals surface area contributed by atoms with Crippen molar-refractivity contribution in [2.75, 3.05) is 13.1 Å². The molecule has 0 radical (unpaired) electrons. The van der Waals surface area contributed by atoms with Gasteiger partial charge in [-0.1, -0.05) is 0 Å². The van der Waals surface area contributed by atoms with Crippen LogP contribution in [-0.4, -0.2) is 40.3 Å². The Morgan fingerprint density at radius 2 is 2.10 bits per heavy atom. The summed E-state index contributed by atoms with van der Waals surface area (Å²) in [7, 11) is 0. The van der Waals surface area contributed by atoms with Gasteiger partial charge in [-0.25, -0.2) is 0 Å². The van der Waals surface area contributed by atoms with E-state index in [1.807, 2.05) is 12.1 Å². The number of hydrogen-bond donors (Lipinski definition) is 1. The molecular weight excluding hydrogens is 340 g/mol. The largest absolute Gasteiger partial charge is 0.419 e. The topological polar surface area (TPSA) is 54.2 Å². The number of nitrogens with zero attached hydrogens (tertiary/aromatic N) is 3. The number of rotatable bonds is 3. The molecule has 0 bridgehead atoms. The normalized spacial score (nSPS) is 24.1. The van der Waals surface area contributed by atoms with Gasteiger partial charge in [-0.2, -0.15) is 0 Å². The highest BCUT2D eigenvalue weighted by Crippen LogP contribution is 2.30. The zero-order valence-corrected chi connectivity index (χ0v) is 13.9. The van der Waals surface area contributed by atoms with Crippen molar-refractivity contribution in [2.45, 2.75) is 32.5 Å². The van der Waals surface area contributed by atoms with E-state index in [0.717, 1.165) is 21.8 Å². The van der Waals surface area contributed by atoms with Crippen LogP contribution in [-0.2, 0) is 6.54 Å². The third kappa shape index (κ3) is 2.95. The second kappa shape index (κ2) is 5.93. The van der Waals surface area contributed by atoms with Crippen LogP contribution in [0, 0.1) is 0 Å². The van der Waals surface area contributed by atoms with Gasteiger partial charge in [0.25, 0.3) is 5.89 Å². The minimum atomic E-state index is 0.477. The lowest BCUT2D eigenvalue weighted by Crippen LogP contribution is -2.54. The first kappa shape index (κ1) is 14.2. The first-order valence-electron chi connectivity index (χ1n) is 6.68. The molecule has 108 valence electrons. The summed E-state index contributed by atoms with van der Waals surface area (Å²) in [6.07, 6.45) is 0. The Labute approximate surface area is 130 Å².